The molecule has 0 aromatic heterocycles. The molecular formula is C44H62FN5O7S. The molecule has 2 aromatic rings. The molecule has 1 saturated heterocycles. The monoisotopic (exact) mass is 823 g/mol. The summed E-state index contributed by atoms with van der Waals surface area (Å²) >= 11 is 1.16. The number of benzene rings is 2. The number of rotatable bonds is 22. The number of carbonyl (C=O) groups excluding carboxylic acids is 5. The fourth-order valence-corrected chi connectivity index (χ4v) is 8.00. The molecule has 0 saturated carbocycles. The first-order chi connectivity index (χ1) is 27.5. The molecule has 0 aliphatic carbocycles. The average molecular weight is 824 g/mol. The van der Waals surface area contributed by atoms with Gasteiger partial charge in [0.25, 0.3) is 0 Å². The van der Waals surface area contributed by atoms with Gasteiger partial charge in [0.1, 0.15) is 24.2 Å². The van der Waals surface area contributed by atoms with Crippen molar-refractivity contribution >= 4 is 41.8 Å². The average Bonchev–Trinajstić information content (AvgIpc) is 3.19. The Kier molecular flexibility index (Phi) is 19.6. The van der Waals surface area contributed by atoms with Crippen molar-refractivity contribution in [2.45, 2.75) is 109 Å². The number of carbonyl (C=O) groups is 5. The Morgan fingerprint density at radius 1 is 1.07 bits per heavy atom. The van der Waals surface area contributed by atoms with Gasteiger partial charge in [0, 0.05) is 49.5 Å². The molecule has 58 heavy (non-hydrogen) atoms. The summed E-state index contributed by atoms with van der Waals surface area (Å²) < 4.78 is 24.7. The Hall–Kier alpha value is -4.53. The van der Waals surface area contributed by atoms with Gasteiger partial charge in [0.05, 0.1) is 25.1 Å². The summed E-state index contributed by atoms with van der Waals surface area (Å²) in [6, 6.07) is 12.4. The quantitative estimate of drug-likeness (QED) is 0.0991. The van der Waals surface area contributed by atoms with E-state index >= 15 is 0 Å². The third kappa shape index (κ3) is 15.0. The lowest BCUT2D eigenvalue weighted by Gasteiger charge is -2.37. The van der Waals surface area contributed by atoms with Gasteiger partial charge in [-0.05, 0) is 73.9 Å². The highest BCUT2D eigenvalue weighted by Crippen LogP contribution is 2.30. The fraction of sp³-hybridized carbons (Fsp3) is 0.523. The third-order valence-electron chi connectivity index (χ3n) is 10.5. The summed E-state index contributed by atoms with van der Waals surface area (Å²) in [4.78, 5) is 68.8. The molecule has 3 rings (SSSR count). The highest BCUT2D eigenvalue weighted by atomic mass is 32.2. The molecule has 0 bridgehead atoms. The summed E-state index contributed by atoms with van der Waals surface area (Å²) in [7, 11) is 4.88. The number of piperidine rings is 1. The predicted octanol–water partition coefficient (Wildman–Crippen LogP) is 5.68. The van der Waals surface area contributed by atoms with Crippen molar-refractivity contribution in [1.82, 2.24) is 20.4 Å². The van der Waals surface area contributed by atoms with Gasteiger partial charge in [0.15, 0.2) is 0 Å². The van der Waals surface area contributed by atoms with E-state index in [1.54, 1.807) is 24.3 Å². The zero-order chi connectivity index (χ0) is 42.9. The number of esters is 2. The molecule has 1 heterocycles. The maximum atomic E-state index is 14.4. The summed E-state index contributed by atoms with van der Waals surface area (Å²) in [6.45, 7) is 11.9. The lowest BCUT2D eigenvalue weighted by atomic mass is 9.94. The van der Waals surface area contributed by atoms with Gasteiger partial charge in [0.2, 0.25) is 11.8 Å². The molecule has 4 N–H and O–H groups in total. The van der Waals surface area contributed by atoms with Crippen LogP contribution in [0.2, 0.25) is 0 Å². The second-order valence-corrected chi connectivity index (χ2v) is 16.5. The molecule has 1 aliphatic heterocycles. The van der Waals surface area contributed by atoms with Gasteiger partial charge in [-0.2, -0.15) is 0 Å². The van der Waals surface area contributed by atoms with E-state index in [0.29, 0.717) is 35.4 Å². The van der Waals surface area contributed by atoms with Gasteiger partial charge in [-0.1, -0.05) is 88.0 Å². The topological polar surface area (TPSA) is 160 Å². The number of hydrogen-bond donors (Lipinski definition) is 3. The Balaban J connectivity index is 1.77. The highest BCUT2D eigenvalue weighted by molar-refractivity contribution is 8.05. The summed E-state index contributed by atoms with van der Waals surface area (Å²) in [5.41, 5.74) is 8.31. The van der Waals surface area contributed by atoms with Crippen molar-refractivity contribution < 1.29 is 37.8 Å². The van der Waals surface area contributed by atoms with Gasteiger partial charge in [-0.3, -0.25) is 24.1 Å². The third-order valence-corrected chi connectivity index (χ3v) is 11.5. The number of nitrogens with two attached hydrogens (primary N) is 1. The Morgan fingerprint density at radius 3 is 2.33 bits per heavy atom. The minimum atomic E-state index is -1.09. The SMILES string of the molecule is C=C(S/C=C(\N)CC(C=O)N[C@@H](Cc1ccccc1)C[C@H](C)C(=O)OC)[C@@H](C[C@H](C(C)C)N(C)C(=O)[C@@H](NC(=O)[C@H]1CCCCN1C)c1ccc(F)cc1)OC(C)=O. The normalized spacial score (nSPS) is 17.9. The number of ether oxygens (including phenoxy) is 2. The zero-order valence-corrected chi connectivity index (χ0v) is 35.8. The number of halogens is 1. The van der Waals surface area contributed by atoms with Crippen LogP contribution in [-0.2, 0) is 39.9 Å². The molecular weight excluding hydrogens is 762 g/mol. The maximum absolute atomic E-state index is 14.4. The van der Waals surface area contributed by atoms with E-state index in [-0.39, 0.29) is 36.7 Å². The summed E-state index contributed by atoms with van der Waals surface area (Å²) in [6.07, 6.45) is 3.87. The first-order valence-corrected chi connectivity index (χ1v) is 20.7. The van der Waals surface area contributed by atoms with E-state index in [2.05, 4.69) is 17.2 Å². The van der Waals surface area contributed by atoms with Gasteiger partial charge >= 0.3 is 11.9 Å². The second kappa shape index (κ2) is 23.8. The Morgan fingerprint density at radius 2 is 1.74 bits per heavy atom. The van der Waals surface area contributed by atoms with Crippen LogP contribution in [0.25, 0.3) is 0 Å². The predicted molar refractivity (Wildman–Crippen MR) is 225 cm³/mol. The fourth-order valence-electron chi connectivity index (χ4n) is 7.31. The Bertz CT molecular complexity index is 1710. The molecule has 12 nitrogen and oxygen atoms in total. The molecule has 1 aliphatic rings. The molecule has 2 amide bonds. The number of amides is 2. The van der Waals surface area contributed by atoms with Crippen LogP contribution in [0.15, 0.2) is 77.2 Å². The first kappa shape index (κ1) is 47.8. The first-order valence-electron chi connectivity index (χ1n) is 19.9. The van der Waals surface area contributed by atoms with Crippen molar-refractivity contribution in [3.8, 4) is 0 Å². The number of aldehydes is 1. The summed E-state index contributed by atoms with van der Waals surface area (Å²) in [5, 5.41) is 7.98. The van der Waals surface area contributed by atoms with Crippen molar-refractivity contribution in [2.75, 3.05) is 27.7 Å². The molecule has 318 valence electrons. The van der Waals surface area contributed by atoms with Gasteiger partial charge < -0.3 is 35.5 Å². The highest BCUT2D eigenvalue weighted by Gasteiger charge is 2.36. The van der Waals surface area contributed by atoms with Crippen LogP contribution in [0.4, 0.5) is 4.39 Å². The van der Waals surface area contributed by atoms with Crippen molar-refractivity contribution in [2.24, 2.45) is 17.6 Å². The number of nitrogens with one attached hydrogen (secondary N) is 2. The van der Waals surface area contributed by atoms with E-state index in [1.807, 2.05) is 56.1 Å². The lowest BCUT2D eigenvalue weighted by molar-refractivity contribution is -0.147. The van der Waals surface area contributed by atoms with Crippen LogP contribution in [-0.4, -0.2) is 97.9 Å². The largest absolute Gasteiger partial charge is 0.469 e. The standard InChI is InChI=1S/C44H62FN5O7S/c1-28(2)39(50(7)43(54)41(33-17-19-34(45)20-18-33)48-42(53)38-16-12-13-21-49(38)6)25-40(57-31(5)52)30(4)58-27-35(46)24-37(26-51)47-36(22-29(3)44(55)56-8)23-32-14-10-9-11-15-32/h9-11,14-15,17-20,26-29,36-41,47H,4,12-13,16,21-25,46H2,1-3,5-8H3,(H,48,53)/b35-27-/t29-,36+,37?,38+,39+,40+,41-/m0/s1. The number of likely N-dealkylation sites (N-methyl/N-ethyl adjacent to an activating group) is 2. The van der Waals surface area contributed by atoms with Crippen molar-refractivity contribution in [3.05, 3.63) is 94.1 Å². The number of hydrogen-bond acceptors (Lipinski definition) is 11. The molecule has 1 unspecified atom stereocenters. The minimum absolute atomic E-state index is 0.121. The lowest BCUT2D eigenvalue weighted by Crippen LogP contribution is -2.52. The van der Waals surface area contributed by atoms with E-state index in [9.17, 15) is 28.4 Å². The van der Waals surface area contributed by atoms with Crippen LogP contribution in [0.5, 0.6) is 0 Å². The molecule has 1 fully saturated rings. The molecule has 14 heteroatoms. The van der Waals surface area contributed by atoms with Gasteiger partial charge in [-0.15, -0.1) is 0 Å². The van der Waals surface area contributed by atoms with E-state index in [0.717, 1.165) is 43.0 Å². The number of thioether (sulfide) groups is 1. The number of methoxy groups -OCH3 is 1. The van der Waals surface area contributed by atoms with Crippen LogP contribution < -0.4 is 16.4 Å². The molecule has 7 atom stereocenters. The van der Waals surface area contributed by atoms with Crippen molar-refractivity contribution in [1.29, 1.82) is 0 Å². The minimum Gasteiger partial charge on any atom is -0.469 e. The summed E-state index contributed by atoms with van der Waals surface area (Å²) in [5.74, 6) is -2.54. The van der Waals surface area contributed by atoms with Crippen LogP contribution in [0.1, 0.15) is 83.4 Å². The number of nitrogens with zero attached hydrogens (tertiary/aromatic N) is 2. The van der Waals surface area contributed by atoms with Gasteiger partial charge in [-0.25, -0.2) is 4.39 Å². The van der Waals surface area contributed by atoms with E-state index < -0.39 is 53.9 Å². The van der Waals surface area contributed by atoms with Crippen LogP contribution >= 0.6 is 11.8 Å². The maximum Gasteiger partial charge on any atom is 0.308 e. The second-order valence-electron chi connectivity index (χ2n) is 15.5. The van der Waals surface area contributed by atoms with Crippen LogP contribution in [0, 0.1) is 17.7 Å². The number of likely N-dealkylation sites (tertiary alicyclic amines) is 1. The molecule has 2 aromatic carbocycles. The van der Waals surface area contributed by atoms with E-state index in [1.165, 1.54) is 38.3 Å². The van der Waals surface area contributed by atoms with E-state index in [4.69, 9.17) is 15.2 Å². The van der Waals surface area contributed by atoms with Crippen LogP contribution in [0.3, 0.4) is 0 Å². The van der Waals surface area contributed by atoms with Crippen molar-refractivity contribution in [3.63, 3.8) is 0 Å². The molecule has 0 spiro atoms. The smallest absolute Gasteiger partial charge is 0.308 e. The zero-order valence-electron chi connectivity index (χ0n) is 34.9. The molecule has 0 radical (unpaired) electrons. The Labute approximate surface area is 347 Å².